The average molecular weight is 779 g/mol. The molecule has 14 nitrogen and oxygen atoms in total. The Bertz CT molecular complexity index is 2150. The minimum Gasteiger partial charge on any atom is -0.496 e. The third-order valence-electron chi connectivity index (χ3n) is 12.8. The lowest BCUT2D eigenvalue weighted by Gasteiger charge is -2.54. The van der Waals surface area contributed by atoms with E-state index in [9.17, 15) is 19.2 Å². The Morgan fingerprint density at radius 3 is 2.32 bits per heavy atom. The molecule has 0 aliphatic carbocycles. The molecule has 4 saturated heterocycles. The molecule has 6 heterocycles. The van der Waals surface area contributed by atoms with Crippen LogP contribution in [0.3, 0.4) is 0 Å². The number of rotatable bonds is 12. The summed E-state index contributed by atoms with van der Waals surface area (Å²) in [6, 6.07) is 12.0. The second-order valence-electron chi connectivity index (χ2n) is 16.5. The average Bonchev–Trinajstić information content (AvgIpc) is 3.71. The molecule has 57 heavy (non-hydrogen) atoms. The van der Waals surface area contributed by atoms with Gasteiger partial charge in [0.1, 0.15) is 23.1 Å². The second-order valence-corrected chi connectivity index (χ2v) is 16.5. The highest BCUT2D eigenvalue weighted by molar-refractivity contribution is 6.01. The minimum absolute atomic E-state index is 0.128. The molecule has 3 N–H and O–H groups in total. The van der Waals surface area contributed by atoms with Gasteiger partial charge in [-0.15, -0.1) is 0 Å². The fourth-order valence-corrected chi connectivity index (χ4v) is 9.33. The van der Waals surface area contributed by atoms with Crippen molar-refractivity contribution < 1.29 is 23.9 Å². The molecule has 1 spiro atoms. The molecule has 0 bridgehead atoms. The smallest absolute Gasteiger partial charge is 0.276 e. The normalized spacial score (nSPS) is 20.4. The van der Waals surface area contributed by atoms with Gasteiger partial charge < -0.3 is 29.2 Å². The number of likely N-dealkylation sites (tertiary alicyclic amines) is 3. The maximum absolute atomic E-state index is 13.2. The van der Waals surface area contributed by atoms with Gasteiger partial charge in [-0.1, -0.05) is 12.1 Å². The second kappa shape index (κ2) is 16.3. The van der Waals surface area contributed by atoms with Gasteiger partial charge in [-0.25, -0.2) is 0 Å². The van der Waals surface area contributed by atoms with Gasteiger partial charge in [0.15, 0.2) is 0 Å². The van der Waals surface area contributed by atoms with E-state index >= 15 is 0 Å². The van der Waals surface area contributed by atoms with Gasteiger partial charge in [-0.2, -0.15) is 5.10 Å². The summed E-state index contributed by atoms with van der Waals surface area (Å²) >= 11 is 0. The fraction of sp³-hybridized carbons (Fsp3) is 0.512. The zero-order chi connectivity index (χ0) is 39.7. The van der Waals surface area contributed by atoms with Gasteiger partial charge in [0.25, 0.3) is 5.56 Å². The Morgan fingerprint density at radius 1 is 0.947 bits per heavy atom. The molecule has 4 fully saturated rings. The predicted octanol–water partition coefficient (Wildman–Crippen LogP) is 4.25. The van der Waals surface area contributed by atoms with Crippen LogP contribution in [0.1, 0.15) is 68.4 Å². The van der Waals surface area contributed by atoms with E-state index in [1.54, 1.807) is 32.0 Å². The number of piperidine rings is 3. The molecule has 0 saturated carbocycles. The van der Waals surface area contributed by atoms with Crippen LogP contribution < -0.4 is 25.7 Å². The number of nitrogens with zero attached hydrogens (tertiary/aromatic N) is 5. The lowest BCUT2D eigenvalue weighted by Crippen LogP contribution is -2.61. The van der Waals surface area contributed by atoms with Crippen LogP contribution in [-0.2, 0) is 28.0 Å². The van der Waals surface area contributed by atoms with E-state index in [1.807, 2.05) is 30.5 Å². The van der Waals surface area contributed by atoms with Gasteiger partial charge in [0.05, 0.1) is 26.0 Å². The number of benzene rings is 2. The van der Waals surface area contributed by atoms with Crippen LogP contribution in [-0.4, -0.2) is 113 Å². The third kappa shape index (κ3) is 8.15. The number of nitrogens with one attached hydrogen (secondary N) is 3. The van der Waals surface area contributed by atoms with Crippen LogP contribution in [0.4, 0.5) is 5.69 Å². The summed E-state index contributed by atoms with van der Waals surface area (Å²) in [5.74, 6) is 1.81. The summed E-state index contributed by atoms with van der Waals surface area (Å²) in [7, 11) is 5.09. The highest BCUT2D eigenvalue weighted by atomic mass is 16.5. The van der Waals surface area contributed by atoms with Crippen molar-refractivity contribution in [2.24, 2.45) is 12.5 Å². The molecular weight excluding hydrogens is 725 g/mol. The number of H-pyrrole nitrogens is 1. The molecule has 2 aromatic carbocycles. The quantitative estimate of drug-likeness (QED) is 0.178. The molecular formula is C43H54N8O6. The van der Waals surface area contributed by atoms with Crippen LogP contribution in [0.2, 0.25) is 0 Å². The Kier molecular flexibility index (Phi) is 11.1. The van der Waals surface area contributed by atoms with Gasteiger partial charge in [0, 0.05) is 67.8 Å². The van der Waals surface area contributed by atoms with Crippen molar-refractivity contribution in [2.75, 3.05) is 65.3 Å². The minimum atomic E-state index is -0.375. The molecule has 2 aromatic heterocycles. The van der Waals surface area contributed by atoms with Crippen molar-refractivity contribution in [1.82, 2.24) is 34.8 Å². The third-order valence-corrected chi connectivity index (χ3v) is 12.8. The molecule has 4 aliphatic heterocycles. The number of carbonyl (C=O) groups excluding carboxylic acids is 3. The summed E-state index contributed by atoms with van der Waals surface area (Å²) in [6.07, 6.45) is 10.2. The first-order chi connectivity index (χ1) is 27.6. The highest BCUT2D eigenvalue weighted by Crippen LogP contribution is 2.43. The summed E-state index contributed by atoms with van der Waals surface area (Å²) in [5.41, 5.74) is 5.52. The first-order valence-electron chi connectivity index (χ1n) is 20.3. The summed E-state index contributed by atoms with van der Waals surface area (Å²) < 4.78 is 13.4. The standard InChI is InChI=1S/C43H54N8O6/c1-48-24-33(32-23-44-47-40(32)42(48)55)30-21-36(56-2)34(37(22-30)57-3)25-50-19-14-43(15-20-50)26-51(27-43)39(53)5-4-16-49-17-12-29(13-18-49)28-6-8-31(9-7-28)45-35-10-11-38(52)46-41(35)54/h6-9,21-24,29,35,45H,4-5,10-20,25-27H2,1-3H3,(H,44,47)(H,46,52,54). The number of aryl methyl sites for hydroxylation is 1. The first-order valence-corrected chi connectivity index (χ1v) is 20.3. The van der Waals surface area contributed by atoms with Crippen molar-refractivity contribution in [3.8, 4) is 22.6 Å². The van der Waals surface area contributed by atoms with E-state index in [-0.39, 0.29) is 34.7 Å². The number of hydrogen-bond donors (Lipinski definition) is 3. The number of aromatic nitrogens is 3. The molecule has 8 rings (SSSR count). The fourth-order valence-electron chi connectivity index (χ4n) is 9.33. The van der Waals surface area contributed by atoms with E-state index in [0.29, 0.717) is 37.2 Å². The molecule has 0 radical (unpaired) electrons. The van der Waals surface area contributed by atoms with Gasteiger partial charge in [0.2, 0.25) is 17.7 Å². The topological polar surface area (TPSA) is 154 Å². The van der Waals surface area contributed by atoms with Crippen molar-refractivity contribution in [1.29, 1.82) is 0 Å². The number of pyridine rings is 1. The van der Waals surface area contributed by atoms with Crippen molar-refractivity contribution in [3.63, 3.8) is 0 Å². The lowest BCUT2D eigenvalue weighted by atomic mass is 9.71. The molecule has 14 heteroatoms. The van der Waals surface area contributed by atoms with Crippen molar-refractivity contribution in [3.05, 3.63) is 70.3 Å². The van der Waals surface area contributed by atoms with E-state index in [1.165, 1.54) is 5.56 Å². The number of imide groups is 1. The van der Waals surface area contributed by atoms with E-state index in [4.69, 9.17) is 9.47 Å². The van der Waals surface area contributed by atoms with Gasteiger partial charge in [-0.05, 0) is 113 Å². The Labute approximate surface area is 332 Å². The van der Waals surface area contributed by atoms with E-state index in [0.717, 1.165) is 117 Å². The summed E-state index contributed by atoms with van der Waals surface area (Å²) in [6.45, 7) is 7.33. The lowest BCUT2D eigenvalue weighted by molar-refractivity contribution is -0.147. The highest BCUT2D eigenvalue weighted by Gasteiger charge is 2.46. The Hall–Kier alpha value is -5.21. The SMILES string of the molecule is COc1cc(-c2cn(C)c(=O)c3[nH]ncc23)cc(OC)c1CN1CCC2(CC1)CN(C(=O)CCCN1CCC(c3ccc(NC4CCC(=O)NC4=O)cc3)CC1)C2. The zero-order valence-corrected chi connectivity index (χ0v) is 33.3. The number of carbonyl (C=O) groups is 3. The molecule has 1 unspecified atom stereocenters. The molecule has 4 aliphatic rings. The maximum Gasteiger partial charge on any atom is 0.276 e. The number of hydrogen-bond acceptors (Lipinski definition) is 10. The number of aromatic amines is 1. The van der Waals surface area contributed by atoms with Crippen molar-refractivity contribution in [2.45, 2.75) is 69.9 Å². The number of amides is 3. The van der Waals surface area contributed by atoms with Crippen LogP contribution in [0, 0.1) is 5.41 Å². The molecule has 1 atom stereocenters. The Balaban J connectivity index is 0.761. The summed E-state index contributed by atoms with van der Waals surface area (Å²) in [5, 5.41) is 13.4. The molecule has 3 amide bonds. The van der Waals surface area contributed by atoms with Crippen LogP contribution in [0.15, 0.2) is 53.6 Å². The van der Waals surface area contributed by atoms with Crippen LogP contribution >= 0.6 is 0 Å². The largest absolute Gasteiger partial charge is 0.496 e. The molecule has 302 valence electrons. The number of anilines is 1. The molecule has 4 aromatic rings. The van der Waals surface area contributed by atoms with E-state index in [2.05, 4.69) is 47.7 Å². The predicted molar refractivity (Wildman–Crippen MR) is 217 cm³/mol. The summed E-state index contributed by atoms with van der Waals surface area (Å²) in [4.78, 5) is 56.4. The van der Waals surface area contributed by atoms with E-state index < -0.39 is 0 Å². The van der Waals surface area contributed by atoms with Crippen LogP contribution in [0.5, 0.6) is 11.5 Å². The number of fused-ring (bicyclic) bond motifs is 1. The van der Waals surface area contributed by atoms with Crippen LogP contribution in [0.25, 0.3) is 22.0 Å². The maximum atomic E-state index is 13.2. The first kappa shape index (κ1) is 38.7. The Morgan fingerprint density at radius 2 is 1.65 bits per heavy atom. The number of ether oxygens (including phenoxy) is 2. The van der Waals surface area contributed by atoms with Gasteiger partial charge >= 0.3 is 0 Å². The van der Waals surface area contributed by atoms with Crippen molar-refractivity contribution >= 4 is 34.3 Å². The van der Waals surface area contributed by atoms with Gasteiger partial charge in [-0.3, -0.25) is 34.5 Å². The zero-order valence-electron chi connectivity index (χ0n) is 33.3. The monoisotopic (exact) mass is 778 g/mol. The number of methoxy groups -OCH3 is 2.